The molecule has 0 aliphatic rings. The van der Waals surface area contributed by atoms with Gasteiger partial charge in [-0.15, -0.1) is 0 Å². The summed E-state index contributed by atoms with van der Waals surface area (Å²) in [5, 5.41) is 19.2. The monoisotopic (exact) mass is 302 g/mol. The minimum atomic E-state index is -0.893. The molecule has 1 aromatic heterocycles. The second-order valence-corrected chi connectivity index (χ2v) is 4.53. The number of allylic oxidation sites excluding steroid dienone is 1. The summed E-state index contributed by atoms with van der Waals surface area (Å²) in [7, 11) is 1.41. The van der Waals surface area contributed by atoms with Gasteiger partial charge in [0.2, 0.25) is 0 Å². The Kier molecular flexibility index (Phi) is 4.31. The fraction of sp³-hybridized carbons (Fsp3) is 0.125. The molecule has 0 unspecified atom stereocenters. The minimum Gasteiger partial charge on any atom is -0.507 e. The van der Waals surface area contributed by atoms with Crippen molar-refractivity contribution in [3.05, 3.63) is 57.6 Å². The molecule has 1 heterocycles. The average molecular weight is 302 g/mol. The molecule has 0 saturated heterocycles. The van der Waals surface area contributed by atoms with Gasteiger partial charge in [-0.05, 0) is 30.7 Å². The fourth-order valence-corrected chi connectivity index (χ4v) is 1.88. The van der Waals surface area contributed by atoms with E-state index in [0.29, 0.717) is 5.56 Å². The third-order valence-electron chi connectivity index (χ3n) is 2.93. The average Bonchev–Trinajstić information content (AvgIpc) is 2.45. The first-order valence-corrected chi connectivity index (χ1v) is 6.35. The van der Waals surface area contributed by atoms with Crippen molar-refractivity contribution in [1.29, 1.82) is 0 Å². The Morgan fingerprint density at radius 1 is 1.23 bits per heavy atom. The minimum absolute atomic E-state index is 0.0252. The Bertz CT molecular complexity index is 801. The number of rotatable bonds is 4. The van der Waals surface area contributed by atoms with Crippen LogP contribution in [0.25, 0.3) is 6.08 Å². The summed E-state index contributed by atoms with van der Waals surface area (Å²) in [5.74, 6) is -0.661. The molecule has 0 fully saturated rings. The van der Waals surface area contributed by atoms with Crippen molar-refractivity contribution in [1.82, 2.24) is 0 Å². The number of carbonyl (C=O) groups excluding carboxylic acids is 1. The number of phenolic OH excluding ortho intramolecular Hbond substituents is 1. The molecule has 6 heteroatoms. The smallest absolute Gasteiger partial charge is 0.351 e. The molecule has 6 nitrogen and oxygen atoms in total. The molecule has 0 amide bonds. The highest BCUT2D eigenvalue weighted by Gasteiger charge is 2.15. The molecule has 0 bridgehead atoms. The molecule has 22 heavy (non-hydrogen) atoms. The first-order chi connectivity index (χ1) is 10.4. The zero-order valence-electron chi connectivity index (χ0n) is 12.0. The zero-order valence-corrected chi connectivity index (χ0v) is 12.0. The maximum atomic E-state index is 12.0. The van der Waals surface area contributed by atoms with E-state index in [2.05, 4.69) is 0 Å². The second kappa shape index (κ2) is 6.17. The molecular weight excluding hydrogens is 288 g/mol. The van der Waals surface area contributed by atoms with E-state index >= 15 is 0 Å². The van der Waals surface area contributed by atoms with Crippen LogP contribution in [0.5, 0.6) is 17.2 Å². The van der Waals surface area contributed by atoms with Crippen LogP contribution in [-0.2, 0) is 0 Å². The lowest BCUT2D eigenvalue weighted by atomic mass is 10.1. The predicted octanol–water partition coefficient (Wildman–Crippen LogP) is 2.26. The van der Waals surface area contributed by atoms with Gasteiger partial charge in [0.25, 0.3) is 0 Å². The molecule has 0 atom stereocenters. The summed E-state index contributed by atoms with van der Waals surface area (Å²) >= 11 is 0. The number of hydrogen-bond donors (Lipinski definition) is 2. The van der Waals surface area contributed by atoms with Gasteiger partial charge in [0.1, 0.15) is 17.1 Å². The van der Waals surface area contributed by atoms with Crippen LogP contribution >= 0.6 is 0 Å². The van der Waals surface area contributed by atoms with E-state index < -0.39 is 22.7 Å². The number of phenols is 1. The third-order valence-corrected chi connectivity index (χ3v) is 2.93. The van der Waals surface area contributed by atoms with Crippen LogP contribution in [0.4, 0.5) is 0 Å². The Balaban J connectivity index is 2.31. The van der Waals surface area contributed by atoms with Crippen LogP contribution in [0.2, 0.25) is 0 Å². The van der Waals surface area contributed by atoms with Gasteiger partial charge in [-0.3, -0.25) is 4.79 Å². The standard InChI is InChI=1S/C16H14O6/c1-9-7-13(19)15(16(20)22-9)12(18)6-4-10-3-5-11(17)14(8-10)21-2/h3-8,17,19H,1-2H3. The van der Waals surface area contributed by atoms with Gasteiger partial charge in [-0.25, -0.2) is 4.79 Å². The maximum Gasteiger partial charge on any atom is 0.351 e. The van der Waals surface area contributed by atoms with Crippen molar-refractivity contribution in [2.45, 2.75) is 6.92 Å². The first kappa shape index (κ1) is 15.4. The quantitative estimate of drug-likeness (QED) is 0.664. The van der Waals surface area contributed by atoms with Gasteiger partial charge < -0.3 is 19.4 Å². The van der Waals surface area contributed by atoms with Crippen molar-refractivity contribution in [3.63, 3.8) is 0 Å². The molecule has 2 rings (SSSR count). The van der Waals surface area contributed by atoms with Gasteiger partial charge in [0.15, 0.2) is 17.3 Å². The first-order valence-electron chi connectivity index (χ1n) is 6.35. The van der Waals surface area contributed by atoms with E-state index in [1.54, 1.807) is 6.07 Å². The lowest BCUT2D eigenvalue weighted by Gasteiger charge is -2.03. The van der Waals surface area contributed by atoms with E-state index in [1.165, 1.54) is 38.3 Å². The molecule has 0 radical (unpaired) electrons. The number of carbonyl (C=O) groups is 1. The summed E-state index contributed by atoms with van der Waals surface area (Å²) in [6.45, 7) is 1.49. The molecule has 0 spiro atoms. The highest BCUT2D eigenvalue weighted by Crippen LogP contribution is 2.26. The largest absolute Gasteiger partial charge is 0.507 e. The lowest BCUT2D eigenvalue weighted by molar-refractivity contribution is 0.104. The molecule has 0 saturated carbocycles. The number of aryl methyl sites for hydroxylation is 1. The number of methoxy groups -OCH3 is 1. The Labute approximate surface area is 125 Å². The van der Waals surface area contributed by atoms with Crippen molar-refractivity contribution in [3.8, 4) is 17.2 Å². The van der Waals surface area contributed by atoms with E-state index in [0.717, 1.165) is 6.08 Å². The molecule has 1 aromatic carbocycles. The van der Waals surface area contributed by atoms with Gasteiger partial charge >= 0.3 is 5.63 Å². The van der Waals surface area contributed by atoms with E-state index in [1.807, 2.05) is 0 Å². The molecule has 2 N–H and O–H groups in total. The van der Waals surface area contributed by atoms with Gasteiger partial charge in [0.05, 0.1) is 7.11 Å². The summed E-state index contributed by atoms with van der Waals surface area (Å²) in [5.41, 5.74) is -0.734. The van der Waals surface area contributed by atoms with Crippen LogP contribution in [-0.4, -0.2) is 23.1 Å². The number of benzene rings is 1. The number of hydrogen-bond acceptors (Lipinski definition) is 6. The van der Waals surface area contributed by atoms with Crippen molar-refractivity contribution in [2.75, 3.05) is 7.11 Å². The fourth-order valence-electron chi connectivity index (χ4n) is 1.88. The van der Waals surface area contributed by atoms with Crippen LogP contribution in [0.1, 0.15) is 21.7 Å². The van der Waals surface area contributed by atoms with Crippen LogP contribution in [0.15, 0.2) is 39.6 Å². The molecule has 114 valence electrons. The second-order valence-electron chi connectivity index (χ2n) is 4.53. The van der Waals surface area contributed by atoms with Gasteiger partial charge in [-0.2, -0.15) is 0 Å². The molecular formula is C16H14O6. The van der Waals surface area contributed by atoms with Crippen molar-refractivity contribution in [2.24, 2.45) is 0 Å². The van der Waals surface area contributed by atoms with Crippen LogP contribution in [0, 0.1) is 6.92 Å². The van der Waals surface area contributed by atoms with Crippen molar-refractivity contribution >= 4 is 11.9 Å². The Hall–Kier alpha value is -3.02. The van der Waals surface area contributed by atoms with Crippen LogP contribution in [0.3, 0.4) is 0 Å². The third kappa shape index (κ3) is 3.17. The summed E-state index contributed by atoms with van der Waals surface area (Å²) < 4.78 is 9.75. The highest BCUT2D eigenvalue weighted by atomic mass is 16.5. The van der Waals surface area contributed by atoms with E-state index in [-0.39, 0.29) is 17.3 Å². The Morgan fingerprint density at radius 2 is 1.95 bits per heavy atom. The molecule has 0 aliphatic carbocycles. The summed E-state index contributed by atoms with van der Waals surface area (Å²) in [6.07, 6.45) is 2.57. The molecule has 0 aliphatic heterocycles. The van der Waals surface area contributed by atoms with Gasteiger partial charge in [-0.1, -0.05) is 12.1 Å². The van der Waals surface area contributed by atoms with E-state index in [9.17, 15) is 19.8 Å². The summed E-state index contributed by atoms with van der Waals surface area (Å²) in [4.78, 5) is 23.6. The van der Waals surface area contributed by atoms with Crippen LogP contribution < -0.4 is 10.4 Å². The van der Waals surface area contributed by atoms with Gasteiger partial charge in [0, 0.05) is 6.07 Å². The number of ether oxygens (including phenoxy) is 1. The predicted molar refractivity (Wildman–Crippen MR) is 79.4 cm³/mol. The number of aromatic hydroxyl groups is 2. The zero-order chi connectivity index (χ0) is 16.3. The normalized spacial score (nSPS) is 10.8. The van der Waals surface area contributed by atoms with E-state index in [4.69, 9.17) is 9.15 Å². The number of ketones is 1. The SMILES string of the molecule is COc1cc(C=CC(=O)c2c(O)cc(C)oc2=O)ccc1O. The highest BCUT2D eigenvalue weighted by molar-refractivity contribution is 6.08. The molecule has 2 aromatic rings. The summed E-state index contributed by atoms with van der Waals surface area (Å²) in [6, 6.07) is 5.71. The Morgan fingerprint density at radius 3 is 2.59 bits per heavy atom. The lowest BCUT2D eigenvalue weighted by Crippen LogP contribution is -2.12. The van der Waals surface area contributed by atoms with Crippen molar-refractivity contribution < 1.29 is 24.2 Å². The maximum absolute atomic E-state index is 12.0. The topological polar surface area (TPSA) is 97.0 Å².